The van der Waals surface area contributed by atoms with Gasteiger partial charge in [-0.05, 0) is 48.5 Å². The number of ether oxygens (including phenoxy) is 1. The molecule has 6 nitrogen and oxygen atoms in total. The summed E-state index contributed by atoms with van der Waals surface area (Å²) in [6, 6.07) is 10.8. The molecule has 0 aliphatic heterocycles. The van der Waals surface area contributed by atoms with Crippen molar-refractivity contribution in [3.05, 3.63) is 59.1 Å². The van der Waals surface area contributed by atoms with Gasteiger partial charge in [-0.15, -0.1) is 0 Å². The van der Waals surface area contributed by atoms with E-state index >= 15 is 0 Å². The van der Waals surface area contributed by atoms with E-state index in [0.717, 1.165) is 0 Å². The van der Waals surface area contributed by atoms with Crippen LogP contribution in [0.2, 0.25) is 5.02 Å². The van der Waals surface area contributed by atoms with Crippen LogP contribution in [0.4, 0.5) is 0 Å². The predicted molar refractivity (Wildman–Crippen MR) is 79.2 cm³/mol. The first-order valence-electron chi connectivity index (χ1n) is 5.95. The Hall–Kier alpha value is -2.38. The van der Waals surface area contributed by atoms with Crippen molar-refractivity contribution in [3.8, 4) is 5.75 Å². The van der Waals surface area contributed by atoms with Crippen LogP contribution in [0.15, 0.2) is 53.4 Å². The smallest absolute Gasteiger partial charge is 0.298 e. The fourth-order valence-corrected chi connectivity index (χ4v) is 2.69. The first-order chi connectivity index (χ1) is 10.4. The minimum absolute atomic E-state index is 0.0776. The Balaban J connectivity index is 2.16. The van der Waals surface area contributed by atoms with Crippen molar-refractivity contribution in [1.82, 2.24) is 4.72 Å². The zero-order valence-electron chi connectivity index (χ0n) is 11.0. The molecule has 0 heterocycles. The van der Waals surface area contributed by atoms with Gasteiger partial charge in [0.2, 0.25) is 0 Å². The minimum Gasteiger partial charge on any atom is -0.429 e. The lowest BCUT2D eigenvalue weighted by molar-refractivity contribution is -0.120. The minimum atomic E-state index is -3.99. The third-order valence-corrected chi connectivity index (χ3v) is 4.25. The third kappa shape index (κ3) is 3.84. The molecule has 0 saturated heterocycles. The lowest BCUT2D eigenvalue weighted by atomic mass is 10.2. The van der Waals surface area contributed by atoms with Gasteiger partial charge in [-0.3, -0.25) is 9.59 Å². The van der Waals surface area contributed by atoms with E-state index in [0.29, 0.717) is 5.02 Å². The van der Waals surface area contributed by atoms with Crippen LogP contribution in [-0.4, -0.2) is 20.8 Å². The van der Waals surface area contributed by atoms with E-state index in [4.69, 9.17) is 11.6 Å². The van der Waals surface area contributed by atoms with Crippen molar-refractivity contribution in [1.29, 1.82) is 0 Å². The zero-order chi connectivity index (χ0) is 16.2. The van der Waals surface area contributed by atoms with Gasteiger partial charge in [0.05, 0.1) is 4.90 Å². The van der Waals surface area contributed by atoms with E-state index in [2.05, 4.69) is 4.74 Å². The molecule has 0 fully saturated rings. The number of hydrogen-bond acceptors (Lipinski definition) is 5. The predicted octanol–water partition coefficient (Wildman–Crippen LogP) is 1.99. The largest absolute Gasteiger partial charge is 0.429 e. The Morgan fingerprint density at radius 3 is 2.18 bits per heavy atom. The number of carbonyl (C=O) groups is 2. The summed E-state index contributed by atoms with van der Waals surface area (Å²) in [5, 5.41) is 0.385. The van der Waals surface area contributed by atoms with Crippen molar-refractivity contribution in [2.24, 2.45) is 0 Å². The van der Waals surface area contributed by atoms with E-state index in [1.54, 1.807) is 0 Å². The number of benzene rings is 2. The second kappa shape index (κ2) is 6.59. The summed E-state index contributed by atoms with van der Waals surface area (Å²) in [5.41, 5.74) is 0.107. The lowest BCUT2D eigenvalue weighted by Gasteiger charge is -2.07. The maximum absolute atomic E-state index is 12.1. The van der Waals surface area contributed by atoms with Crippen LogP contribution < -0.4 is 9.46 Å². The fraction of sp³-hybridized carbons (Fsp3) is 0. The highest BCUT2D eigenvalue weighted by Gasteiger charge is 2.18. The van der Waals surface area contributed by atoms with Gasteiger partial charge in [-0.2, -0.15) is 0 Å². The number of carbonyl (C=O) groups excluding carboxylic acids is 2. The molecule has 0 bridgehead atoms. The van der Waals surface area contributed by atoms with E-state index in [9.17, 15) is 18.0 Å². The quantitative estimate of drug-likeness (QED) is 0.841. The molecule has 0 saturated carbocycles. The molecule has 0 atom stereocenters. The number of hydrogen-bond donors (Lipinski definition) is 1. The van der Waals surface area contributed by atoms with Crippen molar-refractivity contribution >= 4 is 34.0 Å². The number of sulfonamides is 1. The van der Waals surface area contributed by atoms with Crippen molar-refractivity contribution in [2.45, 2.75) is 4.90 Å². The molecular weight excluding hydrogens is 330 g/mol. The molecule has 22 heavy (non-hydrogen) atoms. The first kappa shape index (κ1) is 16.0. The van der Waals surface area contributed by atoms with Crippen molar-refractivity contribution in [2.75, 3.05) is 0 Å². The molecule has 2 rings (SSSR count). The second-order valence-electron chi connectivity index (χ2n) is 4.13. The number of nitrogens with one attached hydrogen (secondary N) is 1. The molecular formula is C14H10ClNO5S. The summed E-state index contributed by atoms with van der Waals surface area (Å²) in [5.74, 6) is -0.556. The molecule has 1 N–H and O–H groups in total. The Labute approximate surface area is 131 Å². The Kier molecular flexibility index (Phi) is 4.79. The number of rotatable bonds is 5. The highest BCUT2D eigenvalue weighted by atomic mass is 35.5. The number of halogens is 1. The fourth-order valence-electron chi connectivity index (χ4n) is 1.59. The SMILES string of the molecule is O=COc1ccc(C(=O)NS(=O)(=O)c2ccc(Cl)cc2)cc1. The van der Waals surface area contributed by atoms with Crippen LogP contribution in [0.5, 0.6) is 5.75 Å². The Morgan fingerprint density at radius 1 is 1.05 bits per heavy atom. The molecule has 1 amide bonds. The van der Waals surface area contributed by atoms with Gasteiger partial charge in [-0.1, -0.05) is 11.6 Å². The van der Waals surface area contributed by atoms with E-state index < -0.39 is 15.9 Å². The molecule has 2 aromatic rings. The van der Waals surface area contributed by atoms with Crippen molar-refractivity contribution < 1.29 is 22.7 Å². The number of amides is 1. The molecule has 0 aliphatic carbocycles. The average molecular weight is 340 g/mol. The molecule has 0 spiro atoms. The van der Waals surface area contributed by atoms with Crippen LogP contribution in [0.1, 0.15) is 10.4 Å². The molecule has 0 unspecified atom stereocenters. The Morgan fingerprint density at radius 2 is 1.64 bits per heavy atom. The van der Waals surface area contributed by atoms with Crippen molar-refractivity contribution in [3.63, 3.8) is 0 Å². The monoisotopic (exact) mass is 339 g/mol. The molecule has 0 radical (unpaired) electrons. The van der Waals surface area contributed by atoms with Gasteiger partial charge in [0.25, 0.3) is 22.4 Å². The van der Waals surface area contributed by atoms with Gasteiger partial charge in [0.15, 0.2) is 0 Å². The molecule has 2 aromatic carbocycles. The van der Waals surface area contributed by atoms with Gasteiger partial charge < -0.3 is 4.74 Å². The van der Waals surface area contributed by atoms with Gasteiger partial charge in [0.1, 0.15) is 5.75 Å². The summed E-state index contributed by atoms with van der Waals surface area (Å²) in [6.07, 6.45) is 0. The van der Waals surface area contributed by atoms with Crippen LogP contribution in [0, 0.1) is 0 Å². The van der Waals surface area contributed by atoms with E-state index in [1.165, 1.54) is 48.5 Å². The van der Waals surface area contributed by atoms with Gasteiger partial charge in [-0.25, -0.2) is 13.1 Å². The van der Waals surface area contributed by atoms with E-state index in [-0.39, 0.29) is 22.7 Å². The molecule has 114 valence electrons. The lowest BCUT2D eigenvalue weighted by Crippen LogP contribution is -2.30. The second-order valence-corrected chi connectivity index (χ2v) is 6.25. The average Bonchev–Trinajstić information content (AvgIpc) is 2.48. The first-order valence-corrected chi connectivity index (χ1v) is 7.81. The summed E-state index contributed by atoms with van der Waals surface area (Å²) in [4.78, 5) is 22.0. The van der Waals surface area contributed by atoms with Gasteiger partial charge >= 0.3 is 0 Å². The summed E-state index contributed by atoms with van der Waals surface area (Å²) in [6.45, 7) is 0.250. The molecule has 8 heteroatoms. The highest BCUT2D eigenvalue weighted by Crippen LogP contribution is 2.15. The topological polar surface area (TPSA) is 89.5 Å². The maximum Gasteiger partial charge on any atom is 0.298 e. The zero-order valence-corrected chi connectivity index (χ0v) is 12.6. The van der Waals surface area contributed by atoms with Crippen LogP contribution in [0.25, 0.3) is 0 Å². The molecule has 0 aliphatic rings. The summed E-state index contributed by atoms with van der Waals surface area (Å²) >= 11 is 5.69. The van der Waals surface area contributed by atoms with Crippen LogP contribution in [-0.2, 0) is 14.8 Å². The summed E-state index contributed by atoms with van der Waals surface area (Å²) < 4.78 is 30.6. The normalized spacial score (nSPS) is 10.8. The van der Waals surface area contributed by atoms with Crippen LogP contribution in [0.3, 0.4) is 0 Å². The maximum atomic E-state index is 12.1. The summed E-state index contributed by atoms with van der Waals surface area (Å²) in [7, 11) is -3.99. The standard InChI is InChI=1S/C14H10ClNO5S/c15-11-3-7-13(8-4-11)22(19,20)16-14(18)10-1-5-12(6-2-10)21-9-17/h1-9H,(H,16,18). The third-order valence-electron chi connectivity index (χ3n) is 2.65. The highest BCUT2D eigenvalue weighted by molar-refractivity contribution is 7.90. The van der Waals surface area contributed by atoms with Gasteiger partial charge in [0, 0.05) is 10.6 Å². The van der Waals surface area contributed by atoms with Crippen LogP contribution >= 0.6 is 11.6 Å². The molecule has 0 aromatic heterocycles. The van der Waals surface area contributed by atoms with E-state index in [1.807, 2.05) is 4.72 Å². The Bertz CT molecular complexity index is 785.